The molecule has 0 heterocycles. The molecular formula is C10H17NO3. The highest BCUT2D eigenvalue weighted by atomic mass is 16.4. The molecule has 0 fully saturated rings. The van der Waals surface area contributed by atoms with E-state index in [1.54, 1.807) is 27.7 Å². The molecule has 0 spiro atoms. The molecule has 1 N–H and O–H groups in total. The van der Waals surface area contributed by atoms with E-state index in [0.717, 1.165) is 5.57 Å². The van der Waals surface area contributed by atoms with E-state index in [1.807, 2.05) is 0 Å². The molecule has 0 saturated carbocycles. The third-order valence-corrected chi connectivity index (χ3v) is 1.62. The van der Waals surface area contributed by atoms with E-state index < -0.39 is 5.97 Å². The Kier molecular flexibility index (Phi) is 4.91. The summed E-state index contributed by atoms with van der Waals surface area (Å²) >= 11 is 0. The molecule has 0 aliphatic heterocycles. The lowest BCUT2D eigenvalue weighted by Crippen LogP contribution is -2.39. The first-order chi connectivity index (χ1) is 6.34. The minimum absolute atomic E-state index is 0.103. The zero-order valence-electron chi connectivity index (χ0n) is 9.07. The van der Waals surface area contributed by atoms with E-state index in [2.05, 4.69) is 0 Å². The molecule has 80 valence electrons. The van der Waals surface area contributed by atoms with Crippen molar-refractivity contribution >= 4 is 11.9 Å². The van der Waals surface area contributed by atoms with E-state index in [-0.39, 0.29) is 18.5 Å². The number of rotatable bonds is 4. The second kappa shape index (κ2) is 5.42. The van der Waals surface area contributed by atoms with Gasteiger partial charge in [0.2, 0.25) is 5.91 Å². The van der Waals surface area contributed by atoms with E-state index in [0.29, 0.717) is 0 Å². The summed E-state index contributed by atoms with van der Waals surface area (Å²) in [7, 11) is 0. The van der Waals surface area contributed by atoms with Crippen LogP contribution in [0.15, 0.2) is 11.6 Å². The third-order valence-electron chi connectivity index (χ3n) is 1.62. The van der Waals surface area contributed by atoms with Crippen LogP contribution < -0.4 is 0 Å². The third kappa shape index (κ3) is 4.64. The lowest BCUT2D eigenvalue weighted by Gasteiger charge is -2.23. The van der Waals surface area contributed by atoms with Crippen LogP contribution in [0.2, 0.25) is 0 Å². The van der Waals surface area contributed by atoms with Gasteiger partial charge in [0.15, 0.2) is 0 Å². The van der Waals surface area contributed by atoms with Crippen molar-refractivity contribution in [3.63, 3.8) is 0 Å². The Balaban J connectivity index is 4.58. The number of carboxylic acids is 1. The van der Waals surface area contributed by atoms with Gasteiger partial charge < -0.3 is 10.0 Å². The summed E-state index contributed by atoms with van der Waals surface area (Å²) in [4.78, 5) is 23.3. The van der Waals surface area contributed by atoms with Crippen LogP contribution in [-0.2, 0) is 9.59 Å². The molecule has 0 radical (unpaired) electrons. The largest absolute Gasteiger partial charge is 0.480 e. The van der Waals surface area contributed by atoms with Gasteiger partial charge in [0, 0.05) is 12.1 Å². The van der Waals surface area contributed by atoms with Gasteiger partial charge in [0.25, 0.3) is 0 Å². The van der Waals surface area contributed by atoms with Crippen molar-refractivity contribution in [2.45, 2.75) is 33.7 Å². The molecule has 14 heavy (non-hydrogen) atoms. The molecule has 0 atom stereocenters. The van der Waals surface area contributed by atoms with Crippen molar-refractivity contribution in [1.29, 1.82) is 0 Å². The van der Waals surface area contributed by atoms with Crippen molar-refractivity contribution < 1.29 is 14.7 Å². The Labute approximate surface area is 84.2 Å². The molecule has 0 rings (SSSR count). The van der Waals surface area contributed by atoms with Crippen molar-refractivity contribution in [2.75, 3.05) is 6.54 Å². The fraction of sp³-hybridized carbons (Fsp3) is 0.600. The number of nitrogens with zero attached hydrogens (tertiary/aromatic N) is 1. The normalized spacial score (nSPS) is 9.79. The molecule has 1 amide bonds. The van der Waals surface area contributed by atoms with E-state index in [4.69, 9.17) is 5.11 Å². The standard InChI is InChI=1S/C10H17NO3/c1-7(2)5-9(12)11(8(3)4)6-10(13)14/h5,8H,6H2,1-4H3,(H,13,14). The average Bonchev–Trinajstić information content (AvgIpc) is 1.97. The predicted molar refractivity (Wildman–Crippen MR) is 53.9 cm³/mol. The molecular weight excluding hydrogens is 182 g/mol. The molecule has 0 aliphatic rings. The van der Waals surface area contributed by atoms with Crippen LogP contribution >= 0.6 is 0 Å². The zero-order chi connectivity index (χ0) is 11.3. The second-order valence-electron chi connectivity index (χ2n) is 3.68. The lowest BCUT2D eigenvalue weighted by atomic mass is 10.2. The summed E-state index contributed by atoms with van der Waals surface area (Å²) in [5.74, 6) is -1.24. The van der Waals surface area contributed by atoms with E-state index >= 15 is 0 Å². The van der Waals surface area contributed by atoms with Gasteiger partial charge in [-0.25, -0.2) is 0 Å². The van der Waals surface area contributed by atoms with Crippen molar-refractivity contribution in [2.24, 2.45) is 0 Å². The minimum atomic E-state index is -0.991. The fourth-order valence-electron chi connectivity index (χ4n) is 0.991. The monoisotopic (exact) mass is 199 g/mol. The maximum absolute atomic E-state index is 11.5. The molecule has 0 saturated heterocycles. The summed E-state index contributed by atoms with van der Waals surface area (Å²) in [5.41, 5.74) is 0.867. The molecule has 0 unspecified atom stereocenters. The number of hydrogen-bond donors (Lipinski definition) is 1. The maximum Gasteiger partial charge on any atom is 0.323 e. The fourth-order valence-corrected chi connectivity index (χ4v) is 0.991. The Morgan fingerprint density at radius 1 is 1.36 bits per heavy atom. The number of carbonyl (C=O) groups excluding carboxylic acids is 1. The molecule has 0 aliphatic carbocycles. The maximum atomic E-state index is 11.5. The summed E-state index contributed by atoms with van der Waals surface area (Å²) in [5, 5.41) is 8.60. The summed E-state index contributed by atoms with van der Waals surface area (Å²) in [6.07, 6.45) is 1.45. The van der Waals surface area contributed by atoms with Gasteiger partial charge >= 0.3 is 5.97 Å². The van der Waals surface area contributed by atoms with E-state index in [9.17, 15) is 9.59 Å². The number of hydrogen-bond acceptors (Lipinski definition) is 2. The van der Waals surface area contributed by atoms with Crippen LogP contribution in [0.5, 0.6) is 0 Å². The van der Waals surface area contributed by atoms with Gasteiger partial charge in [-0.15, -0.1) is 0 Å². The number of carboxylic acid groups (broad SMARTS) is 1. The van der Waals surface area contributed by atoms with Gasteiger partial charge in [-0.05, 0) is 27.7 Å². The quantitative estimate of drug-likeness (QED) is 0.694. The van der Waals surface area contributed by atoms with Crippen LogP contribution in [0.4, 0.5) is 0 Å². The first-order valence-corrected chi connectivity index (χ1v) is 4.52. The minimum Gasteiger partial charge on any atom is -0.480 e. The number of aliphatic carboxylic acids is 1. The van der Waals surface area contributed by atoms with Crippen LogP contribution in [0.3, 0.4) is 0 Å². The zero-order valence-corrected chi connectivity index (χ0v) is 9.07. The highest BCUT2D eigenvalue weighted by Crippen LogP contribution is 2.01. The van der Waals surface area contributed by atoms with E-state index in [1.165, 1.54) is 11.0 Å². The van der Waals surface area contributed by atoms with Gasteiger partial charge in [-0.2, -0.15) is 0 Å². The Bertz CT molecular complexity index is 252. The second-order valence-corrected chi connectivity index (χ2v) is 3.68. The first-order valence-electron chi connectivity index (χ1n) is 4.52. The number of amides is 1. The summed E-state index contributed by atoms with van der Waals surface area (Å²) in [6.45, 7) is 6.94. The molecule has 0 aromatic rings. The summed E-state index contributed by atoms with van der Waals surface area (Å²) < 4.78 is 0. The first kappa shape index (κ1) is 12.7. The van der Waals surface area contributed by atoms with Crippen LogP contribution in [0.25, 0.3) is 0 Å². The summed E-state index contributed by atoms with van der Waals surface area (Å²) in [6, 6.07) is -0.103. The van der Waals surface area contributed by atoms with Gasteiger partial charge in [0.05, 0.1) is 0 Å². The van der Waals surface area contributed by atoms with Crippen LogP contribution in [-0.4, -0.2) is 34.5 Å². The Morgan fingerprint density at radius 3 is 2.14 bits per heavy atom. The number of allylic oxidation sites excluding steroid dienone is 1. The molecule has 4 heteroatoms. The van der Waals surface area contributed by atoms with Crippen molar-refractivity contribution in [3.05, 3.63) is 11.6 Å². The van der Waals surface area contributed by atoms with Gasteiger partial charge in [-0.3, -0.25) is 9.59 Å². The predicted octanol–water partition coefficient (Wildman–Crippen LogP) is 1.27. The highest BCUT2D eigenvalue weighted by Gasteiger charge is 2.17. The lowest BCUT2D eigenvalue weighted by molar-refractivity contribution is -0.143. The van der Waals surface area contributed by atoms with Crippen LogP contribution in [0.1, 0.15) is 27.7 Å². The SMILES string of the molecule is CC(C)=CC(=O)N(CC(=O)O)C(C)C. The topological polar surface area (TPSA) is 57.6 Å². The van der Waals surface area contributed by atoms with Crippen LogP contribution in [0, 0.1) is 0 Å². The molecule has 0 bridgehead atoms. The number of carbonyl (C=O) groups is 2. The highest BCUT2D eigenvalue weighted by molar-refractivity contribution is 5.90. The van der Waals surface area contributed by atoms with Crippen molar-refractivity contribution in [1.82, 2.24) is 4.90 Å². The average molecular weight is 199 g/mol. The molecule has 4 nitrogen and oxygen atoms in total. The Hall–Kier alpha value is -1.32. The molecule has 0 aromatic carbocycles. The van der Waals surface area contributed by atoms with Gasteiger partial charge in [0.1, 0.15) is 6.54 Å². The van der Waals surface area contributed by atoms with Gasteiger partial charge in [-0.1, -0.05) is 5.57 Å². The Morgan fingerprint density at radius 2 is 1.86 bits per heavy atom. The molecule has 0 aromatic heterocycles. The smallest absolute Gasteiger partial charge is 0.323 e. The van der Waals surface area contributed by atoms with Crippen molar-refractivity contribution in [3.8, 4) is 0 Å².